The van der Waals surface area contributed by atoms with Crippen LogP contribution < -0.4 is 0 Å². The Balaban J connectivity index is 3.30. The number of benzene rings is 1. The van der Waals surface area contributed by atoms with E-state index in [1.54, 1.807) is 20.8 Å². The first-order chi connectivity index (χ1) is 10.6. The van der Waals surface area contributed by atoms with Gasteiger partial charge in [-0.25, -0.2) is 4.79 Å². The van der Waals surface area contributed by atoms with Crippen molar-refractivity contribution in [2.24, 2.45) is 5.41 Å². The Morgan fingerprint density at radius 2 is 1.87 bits per heavy atom. The van der Waals surface area contributed by atoms with Crippen LogP contribution in [0.4, 0.5) is 0 Å². The second-order valence-electron chi connectivity index (χ2n) is 6.63. The normalized spacial score (nSPS) is 14.1. The van der Waals surface area contributed by atoms with Gasteiger partial charge in [-0.1, -0.05) is 24.3 Å². The van der Waals surface area contributed by atoms with Gasteiger partial charge in [0, 0.05) is 6.42 Å². The number of aryl methyl sites for hydroxylation is 1. The van der Waals surface area contributed by atoms with Gasteiger partial charge in [-0.3, -0.25) is 4.79 Å². The van der Waals surface area contributed by atoms with Gasteiger partial charge in [0.05, 0.1) is 6.07 Å². The van der Waals surface area contributed by atoms with E-state index in [1.807, 2.05) is 31.2 Å². The summed E-state index contributed by atoms with van der Waals surface area (Å²) < 4.78 is 5.41. The van der Waals surface area contributed by atoms with Gasteiger partial charge in [-0.15, -0.1) is 0 Å². The highest BCUT2D eigenvalue weighted by molar-refractivity contribution is 5.90. The van der Waals surface area contributed by atoms with E-state index in [9.17, 15) is 14.9 Å². The molecule has 0 spiro atoms. The number of nitriles is 1. The van der Waals surface area contributed by atoms with Crippen LogP contribution in [-0.2, 0) is 20.7 Å². The largest absolute Gasteiger partial charge is 0.459 e. The van der Waals surface area contributed by atoms with Gasteiger partial charge in [0.1, 0.15) is 5.60 Å². The second-order valence-corrected chi connectivity index (χ2v) is 6.63. The molecule has 4 nitrogen and oxygen atoms in total. The van der Waals surface area contributed by atoms with Crippen molar-refractivity contribution in [3.63, 3.8) is 0 Å². The molecule has 0 aromatic heterocycles. The number of nitrogens with zero attached hydrogens (tertiary/aromatic N) is 1. The first kappa shape index (κ1) is 18.6. The Kier molecular flexibility index (Phi) is 5.86. The van der Waals surface area contributed by atoms with Crippen molar-refractivity contribution in [2.75, 3.05) is 0 Å². The molecule has 0 saturated carbocycles. The van der Waals surface area contributed by atoms with Gasteiger partial charge >= 0.3 is 5.97 Å². The average molecular weight is 313 g/mol. The summed E-state index contributed by atoms with van der Waals surface area (Å²) in [6.07, 6.45) is 2.77. The Morgan fingerprint density at radius 1 is 1.26 bits per heavy atom. The zero-order chi connectivity index (χ0) is 17.7. The minimum Gasteiger partial charge on any atom is -0.459 e. The highest BCUT2D eigenvalue weighted by Gasteiger charge is 2.40. The molecule has 0 unspecified atom stereocenters. The molecule has 0 amide bonds. The van der Waals surface area contributed by atoms with E-state index < -0.39 is 17.0 Å². The summed E-state index contributed by atoms with van der Waals surface area (Å²) in [4.78, 5) is 23.9. The number of rotatable bonds is 5. The smallest absolute Gasteiger partial charge is 0.331 e. The molecule has 23 heavy (non-hydrogen) atoms. The van der Waals surface area contributed by atoms with E-state index in [-0.39, 0.29) is 12.2 Å². The van der Waals surface area contributed by atoms with Crippen LogP contribution in [0, 0.1) is 23.7 Å². The van der Waals surface area contributed by atoms with Gasteiger partial charge < -0.3 is 4.74 Å². The fraction of sp³-hybridized carbons (Fsp3) is 0.421. The predicted octanol–water partition coefficient (Wildman–Crippen LogP) is 3.53. The summed E-state index contributed by atoms with van der Waals surface area (Å²) in [7, 11) is 0. The van der Waals surface area contributed by atoms with Crippen molar-refractivity contribution in [3.05, 3.63) is 47.5 Å². The van der Waals surface area contributed by atoms with Gasteiger partial charge in [-0.05, 0) is 57.9 Å². The van der Waals surface area contributed by atoms with E-state index in [4.69, 9.17) is 4.74 Å². The van der Waals surface area contributed by atoms with Crippen LogP contribution in [0.2, 0.25) is 0 Å². The lowest BCUT2D eigenvalue weighted by Crippen LogP contribution is -2.37. The van der Waals surface area contributed by atoms with Crippen molar-refractivity contribution in [1.29, 1.82) is 5.26 Å². The third-order valence-electron chi connectivity index (χ3n) is 3.30. The van der Waals surface area contributed by atoms with Crippen molar-refractivity contribution in [2.45, 2.75) is 46.6 Å². The monoisotopic (exact) mass is 313 g/mol. The fourth-order valence-corrected chi connectivity index (χ4v) is 2.06. The zero-order valence-corrected chi connectivity index (χ0v) is 14.3. The van der Waals surface area contributed by atoms with Crippen LogP contribution in [0.1, 0.15) is 38.8 Å². The zero-order valence-electron chi connectivity index (χ0n) is 14.3. The number of ether oxygens (including phenoxy) is 1. The number of esters is 1. The van der Waals surface area contributed by atoms with Crippen LogP contribution in [0.3, 0.4) is 0 Å². The van der Waals surface area contributed by atoms with Crippen molar-refractivity contribution in [3.8, 4) is 6.07 Å². The number of carbonyl (C=O) groups excluding carboxylic acids is 2. The first-order valence-corrected chi connectivity index (χ1v) is 7.49. The van der Waals surface area contributed by atoms with Crippen LogP contribution >= 0.6 is 0 Å². The van der Waals surface area contributed by atoms with Crippen molar-refractivity contribution >= 4 is 11.8 Å². The van der Waals surface area contributed by atoms with Gasteiger partial charge in [-0.2, -0.15) is 5.26 Å². The summed E-state index contributed by atoms with van der Waals surface area (Å²) in [6.45, 7) is 8.53. The first-order valence-electron chi connectivity index (χ1n) is 7.49. The molecule has 0 fully saturated rings. The topological polar surface area (TPSA) is 67.2 Å². The van der Waals surface area contributed by atoms with Gasteiger partial charge in [0.25, 0.3) is 0 Å². The molecule has 1 atom stereocenters. The third kappa shape index (κ3) is 5.37. The molecule has 4 heteroatoms. The lowest BCUT2D eigenvalue weighted by atomic mass is 9.81. The molecular weight excluding hydrogens is 290 g/mol. The number of hydrogen-bond acceptors (Lipinski definition) is 4. The predicted molar refractivity (Wildman–Crippen MR) is 88.6 cm³/mol. The number of hydrogen-bond donors (Lipinski definition) is 0. The van der Waals surface area contributed by atoms with E-state index >= 15 is 0 Å². The van der Waals surface area contributed by atoms with Crippen molar-refractivity contribution in [1.82, 2.24) is 0 Å². The van der Waals surface area contributed by atoms with Crippen LogP contribution in [0.5, 0.6) is 0 Å². The molecule has 1 aromatic rings. The summed E-state index contributed by atoms with van der Waals surface area (Å²) in [6, 6.07) is 9.59. The molecule has 0 N–H and O–H groups in total. The summed E-state index contributed by atoms with van der Waals surface area (Å²) >= 11 is 0. The highest BCUT2D eigenvalue weighted by atomic mass is 16.6. The maximum atomic E-state index is 12.6. The molecule has 0 bridgehead atoms. The van der Waals surface area contributed by atoms with E-state index in [0.717, 1.165) is 11.1 Å². The van der Waals surface area contributed by atoms with Crippen molar-refractivity contribution < 1.29 is 14.3 Å². The molecule has 0 aliphatic rings. The Labute approximate surface area is 137 Å². The Hall–Kier alpha value is -2.41. The summed E-state index contributed by atoms with van der Waals surface area (Å²) in [5.74, 6) is -0.869. The highest BCUT2D eigenvalue weighted by Crippen LogP contribution is 2.29. The minimum atomic E-state index is -1.52. The summed E-state index contributed by atoms with van der Waals surface area (Å²) in [5.41, 5.74) is -0.389. The van der Waals surface area contributed by atoms with Gasteiger partial charge in [0.15, 0.2) is 11.2 Å². The fourth-order valence-electron chi connectivity index (χ4n) is 2.06. The lowest BCUT2D eigenvalue weighted by Gasteiger charge is -2.27. The molecule has 1 rings (SSSR count). The van der Waals surface area contributed by atoms with Crippen LogP contribution in [-0.4, -0.2) is 17.4 Å². The average Bonchev–Trinajstić information content (AvgIpc) is 2.43. The Bertz CT molecular complexity index is 662. The summed E-state index contributed by atoms with van der Waals surface area (Å²) in [5, 5.41) is 9.70. The number of carbonyl (C=O) groups is 2. The molecule has 0 saturated heterocycles. The molecule has 0 aliphatic carbocycles. The maximum Gasteiger partial charge on any atom is 0.331 e. The molecule has 0 radical (unpaired) electrons. The van der Waals surface area contributed by atoms with E-state index in [1.165, 1.54) is 19.1 Å². The van der Waals surface area contributed by atoms with E-state index in [0.29, 0.717) is 0 Å². The third-order valence-corrected chi connectivity index (χ3v) is 3.30. The standard InChI is InChI=1S/C19H23NO3/c1-14-8-6-7-9-16(14)12-19(13-20,11-10-15(2)21)17(22)23-18(3,4)5/h6-11H,12H2,1-5H3/b11-10+/t19-/m0/s1. The Morgan fingerprint density at radius 3 is 2.35 bits per heavy atom. The quantitative estimate of drug-likeness (QED) is 0.616. The van der Waals surface area contributed by atoms with Crippen LogP contribution in [0.15, 0.2) is 36.4 Å². The molecule has 1 aromatic carbocycles. The molecule has 0 heterocycles. The van der Waals surface area contributed by atoms with Gasteiger partial charge in [0.2, 0.25) is 0 Å². The minimum absolute atomic E-state index is 0.162. The lowest BCUT2D eigenvalue weighted by molar-refractivity contribution is -0.161. The molecule has 122 valence electrons. The van der Waals surface area contributed by atoms with E-state index in [2.05, 4.69) is 6.07 Å². The second kappa shape index (κ2) is 7.23. The maximum absolute atomic E-state index is 12.6. The number of allylic oxidation sites excluding steroid dienone is 1. The number of ketones is 1. The molecular formula is C19H23NO3. The SMILES string of the molecule is CC(=O)/C=C/[C@@](C#N)(Cc1ccccc1C)C(=O)OC(C)(C)C. The molecule has 0 aliphatic heterocycles. The van der Waals surface area contributed by atoms with Crippen LogP contribution in [0.25, 0.3) is 0 Å².